The van der Waals surface area contributed by atoms with Gasteiger partial charge in [0.05, 0.1) is 18.6 Å². The fraction of sp³-hybridized carbons (Fsp3) is 0.417. The van der Waals surface area contributed by atoms with Gasteiger partial charge in [-0.3, -0.25) is 9.89 Å². The number of amidine groups is 1. The molecule has 35 heavy (non-hydrogen) atoms. The van der Waals surface area contributed by atoms with Crippen molar-refractivity contribution in [1.29, 1.82) is 0 Å². The molecule has 0 unspecified atom stereocenters. The number of hydrogen-bond acceptors (Lipinski definition) is 7. The van der Waals surface area contributed by atoms with Gasteiger partial charge in [0.15, 0.2) is 0 Å². The first-order chi connectivity index (χ1) is 16.5. The molecule has 1 amide bonds. The quantitative estimate of drug-likeness (QED) is 0.681. The number of likely N-dealkylation sites (N-methyl/N-ethyl adjacent to an activating group) is 1. The summed E-state index contributed by atoms with van der Waals surface area (Å²) in [5, 5.41) is 2.87. The van der Waals surface area contributed by atoms with Crippen molar-refractivity contribution in [3.8, 4) is 0 Å². The van der Waals surface area contributed by atoms with Crippen molar-refractivity contribution < 1.29 is 22.7 Å². The summed E-state index contributed by atoms with van der Waals surface area (Å²) in [6, 6.07) is 10.9. The zero-order valence-corrected chi connectivity index (χ0v) is 19.9. The lowest BCUT2D eigenvalue weighted by molar-refractivity contribution is -0.144. The molecular formula is C24H27F3N6O2. The maximum absolute atomic E-state index is 13.3. The van der Waals surface area contributed by atoms with Crippen LogP contribution >= 0.6 is 0 Å². The largest absolute Gasteiger partial charge is 0.451 e. The van der Waals surface area contributed by atoms with Crippen molar-refractivity contribution in [3.05, 3.63) is 65.1 Å². The molecule has 0 radical (unpaired) electrons. The third-order valence-electron chi connectivity index (χ3n) is 6.10. The first-order valence-corrected chi connectivity index (χ1v) is 11.1. The molecule has 1 N–H and O–H groups in total. The first-order valence-electron chi connectivity index (χ1n) is 11.1. The van der Waals surface area contributed by atoms with E-state index in [0.717, 1.165) is 22.9 Å². The number of amides is 1. The van der Waals surface area contributed by atoms with E-state index < -0.39 is 29.7 Å². The number of nitrogens with one attached hydrogen (secondary N) is 1. The van der Waals surface area contributed by atoms with Crippen LogP contribution in [0.5, 0.6) is 0 Å². The van der Waals surface area contributed by atoms with Gasteiger partial charge in [0.25, 0.3) is 0 Å². The number of anilines is 1. The molecule has 186 valence electrons. The minimum absolute atomic E-state index is 0.0196. The summed E-state index contributed by atoms with van der Waals surface area (Å²) in [7, 11) is 3.82. The molecular weight excluding hydrogens is 461 g/mol. The summed E-state index contributed by atoms with van der Waals surface area (Å²) in [5.74, 6) is -0.864. The molecule has 2 aliphatic rings. The number of nitrogens with zero attached hydrogens (tertiary/aromatic N) is 5. The molecule has 2 aromatic rings. The van der Waals surface area contributed by atoms with Crippen molar-refractivity contribution >= 4 is 17.7 Å². The average Bonchev–Trinajstić information content (AvgIpc) is 3.31. The summed E-state index contributed by atoms with van der Waals surface area (Å²) >= 11 is 0. The Hall–Kier alpha value is -3.47. The molecule has 2 aliphatic heterocycles. The second-order valence-corrected chi connectivity index (χ2v) is 9.20. The molecule has 0 saturated carbocycles. The van der Waals surface area contributed by atoms with Crippen LogP contribution < -0.4 is 5.32 Å². The average molecular weight is 489 g/mol. The monoisotopic (exact) mass is 488 g/mol. The van der Waals surface area contributed by atoms with E-state index in [1.54, 1.807) is 4.90 Å². The molecule has 0 fully saturated rings. The number of carbonyl (C=O) groups excluding carboxylic acids is 1. The second-order valence-electron chi connectivity index (χ2n) is 9.20. The minimum Gasteiger partial charge on any atom is -0.440 e. The molecule has 3 heterocycles. The first kappa shape index (κ1) is 24.6. The van der Waals surface area contributed by atoms with Crippen LogP contribution in [0.25, 0.3) is 0 Å². The third kappa shape index (κ3) is 5.14. The van der Waals surface area contributed by atoms with Crippen molar-refractivity contribution in [2.75, 3.05) is 39.0 Å². The predicted octanol–water partition coefficient (Wildman–Crippen LogP) is 4.15. The van der Waals surface area contributed by atoms with Gasteiger partial charge in [-0.1, -0.05) is 30.3 Å². The van der Waals surface area contributed by atoms with E-state index >= 15 is 0 Å². The van der Waals surface area contributed by atoms with Gasteiger partial charge in [0, 0.05) is 18.3 Å². The summed E-state index contributed by atoms with van der Waals surface area (Å²) in [6.07, 6.45) is -4.55. The summed E-state index contributed by atoms with van der Waals surface area (Å²) in [4.78, 5) is 28.2. The number of benzene rings is 1. The van der Waals surface area contributed by atoms with E-state index in [9.17, 15) is 18.0 Å². The molecule has 1 atom stereocenters. The molecule has 1 aromatic heterocycles. The number of alkyl halides is 3. The molecule has 0 aliphatic carbocycles. The van der Waals surface area contributed by atoms with E-state index in [1.165, 1.54) is 6.07 Å². The number of aliphatic imine (C=N–C) groups is 1. The van der Waals surface area contributed by atoms with Gasteiger partial charge >= 0.3 is 12.3 Å². The number of rotatable bonds is 5. The third-order valence-corrected chi connectivity index (χ3v) is 6.10. The van der Waals surface area contributed by atoms with Gasteiger partial charge in [0.1, 0.15) is 17.8 Å². The Morgan fingerprint density at radius 1 is 1.23 bits per heavy atom. The van der Waals surface area contributed by atoms with Crippen LogP contribution in [-0.4, -0.2) is 71.0 Å². The minimum atomic E-state index is -4.66. The summed E-state index contributed by atoms with van der Waals surface area (Å²) in [5.41, 5.74) is 1.87. The topological polar surface area (TPSA) is 83.0 Å². The number of ether oxygens (including phenoxy) is 1. The van der Waals surface area contributed by atoms with E-state index in [0.29, 0.717) is 18.9 Å². The highest BCUT2D eigenvalue weighted by Crippen LogP contribution is 2.39. The predicted molar refractivity (Wildman–Crippen MR) is 125 cm³/mol. The Morgan fingerprint density at radius 3 is 2.60 bits per heavy atom. The smallest absolute Gasteiger partial charge is 0.440 e. The lowest BCUT2D eigenvalue weighted by Crippen LogP contribution is -2.47. The van der Waals surface area contributed by atoms with E-state index in [4.69, 9.17) is 4.74 Å². The van der Waals surface area contributed by atoms with Crippen molar-refractivity contribution in [2.24, 2.45) is 4.99 Å². The van der Waals surface area contributed by atoms with Gasteiger partial charge in [-0.15, -0.1) is 0 Å². The number of halogens is 3. The molecule has 4 rings (SSSR count). The fourth-order valence-electron chi connectivity index (χ4n) is 4.23. The summed E-state index contributed by atoms with van der Waals surface area (Å²) < 4.78 is 44.9. The second kappa shape index (κ2) is 9.29. The molecule has 0 saturated heterocycles. The number of hydrogen-bond donors (Lipinski definition) is 1. The standard InChI is InChI=1S/C24H27F3N6O2/c1-23(2)17-12-29-20(30-19-10-11-28-21(31-19)24(25,26)27)16(17)13-33(23)22(34)35-18(14-32(3)4)15-8-6-5-7-9-15/h5-11,18H,12-14H2,1-4H3,(H,28,29,30,31)/t18-/m1/s1. The van der Waals surface area contributed by atoms with Crippen LogP contribution in [0.2, 0.25) is 0 Å². The Balaban J connectivity index is 1.51. The number of carbonyl (C=O) groups is 1. The molecule has 8 nitrogen and oxygen atoms in total. The summed E-state index contributed by atoms with van der Waals surface area (Å²) in [6.45, 7) is 4.87. The molecule has 11 heteroatoms. The maximum atomic E-state index is 13.3. The Morgan fingerprint density at radius 2 is 1.94 bits per heavy atom. The molecule has 1 aromatic carbocycles. The van der Waals surface area contributed by atoms with E-state index in [2.05, 4.69) is 20.3 Å². The van der Waals surface area contributed by atoms with Crippen LogP contribution in [0, 0.1) is 0 Å². The highest BCUT2D eigenvalue weighted by atomic mass is 19.4. The maximum Gasteiger partial charge on any atom is 0.451 e. The van der Waals surface area contributed by atoms with E-state index in [1.807, 2.05) is 63.2 Å². The number of aromatic nitrogens is 2. The lowest BCUT2D eigenvalue weighted by Gasteiger charge is -2.35. The Bertz CT molecular complexity index is 1160. The van der Waals surface area contributed by atoms with Crippen molar-refractivity contribution in [2.45, 2.75) is 31.7 Å². The fourth-order valence-corrected chi connectivity index (χ4v) is 4.23. The Kier molecular flexibility index (Phi) is 6.54. The van der Waals surface area contributed by atoms with Gasteiger partial charge in [-0.05, 0) is 45.1 Å². The highest BCUT2D eigenvalue weighted by Gasteiger charge is 2.46. The molecule has 0 spiro atoms. The van der Waals surface area contributed by atoms with Crippen LogP contribution in [-0.2, 0) is 10.9 Å². The highest BCUT2D eigenvalue weighted by molar-refractivity contribution is 6.11. The van der Waals surface area contributed by atoms with Gasteiger partial charge in [0.2, 0.25) is 5.82 Å². The lowest BCUT2D eigenvalue weighted by atomic mass is 9.94. The molecule has 0 bridgehead atoms. The van der Waals surface area contributed by atoms with Crippen LogP contribution in [0.3, 0.4) is 0 Å². The SMILES string of the molecule is CN(C)C[C@@H](OC(=O)N1CC2=C(CN=C2Nc2ccnc(C(F)(F)F)n2)C1(C)C)c1ccccc1. The van der Waals surface area contributed by atoms with Crippen LogP contribution in [0.4, 0.5) is 23.8 Å². The van der Waals surface area contributed by atoms with Crippen LogP contribution in [0.1, 0.15) is 31.3 Å². The van der Waals surface area contributed by atoms with Crippen molar-refractivity contribution in [1.82, 2.24) is 19.8 Å². The van der Waals surface area contributed by atoms with Gasteiger partial charge in [-0.25, -0.2) is 14.8 Å². The zero-order chi connectivity index (χ0) is 25.4. The van der Waals surface area contributed by atoms with Gasteiger partial charge < -0.3 is 15.0 Å². The van der Waals surface area contributed by atoms with E-state index in [-0.39, 0.29) is 12.4 Å². The normalized spacial score (nSPS) is 17.9. The van der Waals surface area contributed by atoms with Gasteiger partial charge in [-0.2, -0.15) is 13.2 Å². The Labute approximate surface area is 201 Å². The van der Waals surface area contributed by atoms with Crippen molar-refractivity contribution in [3.63, 3.8) is 0 Å². The zero-order valence-electron chi connectivity index (χ0n) is 19.9. The van der Waals surface area contributed by atoms with Crippen LogP contribution in [0.15, 0.2) is 58.7 Å².